The van der Waals surface area contributed by atoms with Crippen molar-refractivity contribution < 1.29 is 18.3 Å². The summed E-state index contributed by atoms with van der Waals surface area (Å²) >= 11 is 0. The topological polar surface area (TPSA) is 115 Å². The Morgan fingerprint density at radius 2 is 1.74 bits per heavy atom. The number of hydrogen-bond donors (Lipinski definition) is 3. The minimum atomic E-state index is -3.78. The van der Waals surface area contributed by atoms with Crippen molar-refractivity contribution in [1.29, 1.82) is 0 Å². The molecule has 1 aliphatic carbocycles. The largest absolute Gasteiger partial charge is 0.387 e. The van der Waals surface area contributed by atoms with Gasteiger partial charge in [-0.2, -0.15) is 0 Å². The van der Waals surface area contributed by atoms with E-state index in [4.69, 9.17) is 0 Å². The number of nitrogens with one attached hydrogen (secondary N) is 2. The van der Waals surface area contributed by atoms with Crippen LogP contribution in [0.4, 0.5) is 16.2 Å². The molecule has 2 heterocycles. The Labute approximate surface area is 249 Å². The quantitative estimate of drug-likeness (QED) is 0.242. The normalized spacial score (nSPS) is 17.0. The smallest absolute Gasteiger partial charge is 0.324 e. The van der Waals surface area contributed by atoms with Gasteiger partial charge < -0.3 is 15.3 Å². The first-order valence-electron chi connectivity index (χ1n) is 15.0. The number of carbonyl (C=O) groups excluding carboxylic acids is 1. The Kier molecular flexibility index (Phi) is 10.1. The van der Waals surface area contributed by atoms with Gasteiger partial charge in [0, 0.05) is 55.5 Å². The van der Waals surface area contributed by atoms with Crippen molar-refractivity contribution in [3.8, 4) is 0 Å². The number of aliphatic hydroxyl groups is 1. The van der Waals surface area contributed by atoms with Gasteiger partial charge in [-0.25, -0.2) is 13.2 Å². The maximum absolute atomic E-state index is 13.0. The molecule has 1 aliphatic heterocycles. The van der Waals surface area contributed by atoms with E-state index in [0.29, 0.717) is 37.6 Å². The first kappa shape index (κ1) is 30.0. The second-order valence-corrected chi connectivity index (χ2v) is 12.9. The van der Waals surface area contributed by atoms with Crippen LogP contribution in [0.2, 0.25) is 0 Å². The summed E-state index contributed by atoms with van der Waals surface area (Å²) in [7, 11) is -3.78. The van der Waals surface area contributed by atoms with Crippen LogP contribution >= 0.6 is 0 Å². The molecule has 0 bridgehead atoms. The predicted molar refractivity (Wildman–Crippen MR) is 165 cm³/mol. The Morgan fingerprint density at radius 1 is 0.976 bits per heavy atom. The van der Waals surface area contributed by atoms with E-state index in [1.54, 1.807) is 59.8 Å². The minimum Gasteiger partial charge on any atom is -0.387 e. The van der Waals surface area contributed by atoms with Crippen molar-refractivity contribution in [2.75, 3.05) is 42.3 Å². The summed E-state index contributed by atoms with van der Waals surface area (Å²) in [4.78, 5) is 20.8. The zero-order valence-electron chi connectivity index (χ0n) is 24.0. The SMILES string of the molecule is O=C1N(CCC2CCCCC2)CCN1c1ccc(S(=O)(=O)Nc2ccc(CCNCC(O)c3cccnc3)cc2)cc1. The summed E-state index contributed by atoms with van der Waals surface area (Å²) in [5.74, 6) is 0.731. The minimum absolute atomic E-state index is 0.000459. The van der Waals surface area contributed by atoms with E-state index in [9.17, 15) is 18.3 Å². The molecule has 5 rings (SSSR count). The van der Waals surface area contributed by atoms with Crippen molar-refractivity contribution in [1.82, 2.24) is 15.2 Å². The number of anilines is 2. The van der Waals surface area contributed by atoms with Crippen molar-refractivity contribution in [2.45, 2.75) is 55.9 Å². The van der Waals surface area contributed by atoms with Crippen LogP contribution in [0.1, 0.15) is 55.8 Å². The highest BCUT2D eigenvalue weighted by molar-refractivity contribution is 7.92. The van der Waals surface area contributed by atoms with E-state index in [0.717, 1.165) is 36.4 Å². The lowest BCUT2D eigenvalue weighted by molar-refractivity contribution is 0.174. The molecule has 1 atom stereocenters. The van der Waals surface area contributed by atoms with Crippen LogP contribution in [0.5, 0.6) is 0 Å². The number of benzene rings is 2. The van der Waals surface area contributed by atoms with Gasteiger partial charge in [-0.3, -0.25) is 14.6 Å². The highest BCUT2D eigenvalue weighted by Crippen LogP contribution is 2.28. The van der Waals surface area contributed by atoms with E-state index in [2.05, 4.69) is 15.0 Å². The molecule has 1 aromatic heterocycles. The van der Waals surface area contributed by atoms with E-state index < -0.39 is 16.1 Å². The zero-order valence-corrected chi connectivity index (χ0v) is 24.8. The third kappa shape index (κ3) is 7.87. The molecule has 42 heavy (non-hydrogen) atoms. The van der Waals surface area contributed by atoms with Crippen LogP contribution < -0.4 is 14.9 Å². The second kappa shape index (κ2) is 14.1. The van der Waals surface area contributed by atoms with Crippen LogP contribution in [0.15, 0.2) is 78.0 Å². The lowest BCUT2D eigenvalue weighted by Gasteiger charge is -2.24. The van der Waals surface area contributed by atoms with E-state index >= 15 is 0 Å². The number of carbonyl (C=O) groups is 1. The number of hydrogen-bond acceptors (Lipinski definition) is 6. The van der Waals surface area contributed by atoms with Crippen LogP contribution in [-0.4, -0.2) is 62.2 Å². The molecule has 2 fully saturated rings. The highest BCUT2D eigenvalue weighted by atomic mass is 32.2. The number of amides is 2. The van der Waals surface area contributed by atoms with Gasteiger partial charge in [0.25, 0.3) is 10.0 Å². The number of rotatable bonds is 13. The molecule has 2 amide bonds. The maximum atomic E-state index is 13.0. The third-order valence-corrected chi connectivity index (χ3v) is 9.69. The molecule has 224 valence electrons. The Hall–Kier alpha value is -3.47. The van der Waals surface area contributed by atoms with Crippen molar-refractivity contribution in [2.24, 2.45) is 5.92 Å². The van der Waals surface area contributed by atoms with Crippen LogP contribution in [0.25, 0.3) is 0 Å². The molecule has 1 unspecified atom stereocenters. The van der Waals surface area contributed by atoms with Gasteiger partial charge in [0.2, 0.25) is 0 Å². The molecule has 2 aromatic carbocycles. The van der Waals surface area contributed by atoms with Gasteiger partial charge in [0.1, 0.15) is 0 Å². The first-order valence-corrected chi connectivity index (χ1v) is 16.4. The maximum Gasteiger partial charge on any atom is 0.324 e. The van der Waals surface area contributed by atoms with Gasteiger partial charge in [-0.1, -0.05) is 50.3 Å². The number of pyridine rings is 1. The summed E-state index contributed by atoms with van der Waals surface area (Å²) in [6.45, 7) is 3.20. The van der Waals surface area contributed by atoms with Gasteiger partial charge in [0.05, 0.1) is 11.0 Å². The van der Waals surface area contributed by atoms with E-state index in [1.807, 2.05) is 23.1 Å². The average Bonchev–Trinajstić information content (AvgIpc) is 3.39. The number of sulfonamides is 1. The molecule has 3 N–H and O–H groups in total. The molecular formula is C32H41N5O4S. The van der Waals surface area contributed by atoms with Gasteiger partial charge >= 0.3 is 6.03 Å². The number of nitrogens with zero attached hydrogens (tertiary/aromatic N) is 3. The molecule has 3 aromatic rings. The Balaban J connectivity index is 1.08. The zero-order chi connectivity index (χ0) is 29.4. The fourth-order valence-corrected chi connectivity index (χ4v) is 6.82. The molecule has 1 saturated carbocycles. The fraction of sp³-hybridized carbons (Fsp3) is 0.438. The van der Waals surface area contributed by atoms with Gasteiger partial charge in [-0.15, -0.1) is 0 Å². The van der Waals surface area contributed by atoms with Gasteiger partial charge in [0.15, 0.2) is 0 Å². The lowest BCUT2D eigenvalue weighted by Crippen LogP contribution is -2.33. The monoisotopic (exact) mass is 591 g/mol. The van der Waals surface area contributed by atoms with Crippen LogP contribution in [-0.2, 0) is 16.4 Å². The summed E-state index contributed by atoms with van der Waals surface area (Å²) < 4.78 is 28.7. The lowest BCUT2D eigenvalue weighted by atomic mass is 9.87. The molecule has 10 heteroatoms. The van der Waals surface area contributed by atoms with Crippen molar-refractivity contribution in [3.05, 3.63) is 84.2 Å². The van der Waals surface area contributed by atoms with Crippen molar-refractivity contribution >= 4 is 27.4 Å². The summed E-state index contributed by atoms with van der Waals surface area (Å²) in [5.41, 5.74) is 3.01. The van der Waals surface area contributed by atoms with E-state index in [-0.39, 0.29) is 10.9 Å². The Morgan fingerprint density at radius 3 is 2.45 bits per heavy atom. The molecule has 2 aliphatic rings. The molecule has 0 radical (unpaired) electrons. The molecule has 1 saturated heterocycles. The average molecular weight is 592 g/mol. The molecule has 0 spiro atoms. The second-order valence-electron chi connectivity index (χ2n) is 11.3. The first-order chi connectivity index (χ1) is 20.4. The number of aliphatic hydroxyl groups excluding tert-OH is 1. The van der Waals surface area contributed by atoms with Crippen LogP contribution in [0, 0.1) is 5.92 Å². The van der Waals surface area contributed by atoms with Crippen LogP contribution in [0.3, 0.4) is 0 Å². The van der Waals surface area contributed by atoms with Crippen molar-refractivity contribution in [3.63, 3.8) is 0 Å². The fourth-order valence-electron chi connectivity index (χ4n) is 5.77. The number of aromatic nitrogens is 1. The third-order valence-electron chi connectivity index (χ3n) is 8.29. The standard InChI is InChI=1S/C32H41N5O4S/c38-31(27-7-4-18-33-23-27)24-34-19-16-26-8-10-28(11-9-26)35-42(40,41)30-14-12-29(13-15-30)37-22-21-36(32(37)39)20-17-25-5-2-1-3-6-25/h4,7-15,18,23,25,31,34-35,38H,1-3,5-6,16-17,19-22,24H2. The molecule has 9 nitrogen and oxygen atoms in total. The summed E-state index contributed by atoms with van der Waals surface area (Å²) in [6, 6.07) is 17.4. The summed E-state index contributed by atoms with van der Waals surface area (Å²) in [5, 5.41) is 13.5. The number of urea groups is 1. The predicted octanol–water partition coefficient (Wildman–Crippen LogP) is 4.96. The summed E-state index contributed by atoms with van der Waals surface area (Å²) in [6.07, 6.45) is 11.0. The Bertz CT molecular complexity index is 1400. The molecular weight excluding hydrogens is 550 g/mol. The van der Waals surface area contributed by atoms with Gasteiger partial charge in [-0.05, 0) is 73.3 Å². The highest BCUT2D eigenvalue weighted by Gasteiger charge is 2.30. The van der Waals surface area contributed by atoms with E-state index in [1.165, 1.54) is 32.1 Å².